The van der Waals surface area contributed by atoms with Crippen molar-refractivity contribution >= 4 is 0 Å². The summed E-state index contributed by atoms with van der Waals surface area (Å²) in [6, 6.07) is 6.85. The summed E-state index contributed by atoms with van der Waals surface area (Å²) in [7, 11) is 0. The first-order valence-electron chi connectivity index (χ1n) is 5.42. The van der Waals surface area contributed by atoms with Gasteiger partial charge in [0.2, 0.25) is 0 Å². The minimum Gasteiger partial charge on any atom is -0.381 e. The predicted molar refractivity (Wildman–Crippen MR) is 65.4 cm³/mol. The maximum absolute atomic E-state index is 5.38. The molecule has 1 aromatic carbocycles. The van der Waals surface area contributed by atoms with Gasteiger partial charge >= 0.3 is 0 Å². The summed E-state index contributed by atoms with van der Waals surface area (Å²) in [4.78, 5) is 0. The first kappa shape index (κ1) is 12.3. The average molecular weight is 206 g/mol. The Morgan fingerprint density at radius 3 is 2.33 bits per heavy atom. The Kier molecular flexibility index (Phi) is 4.34. The van der Waals surface area contributed by atoms with E-state index in [0.717, 1.165) is 19.1 Å². The highest BCUT2D eigenvalue weighted by Gasteiger charge is 2.15. The van der Waals surface area contributed by atoms with Gasteiger partial charge < -0.3 is 4.74 Å². The van der Waals surface area contributed by atoms with Crippen LogP contribution >= 0.6 is 0 Å². The van der Waals surface area contributed by atoms with Crippen LogP contribution < -0.4 is 0 Å². The topological polar surface area (TPSA) is 9.23 Å². The highest BCUT2D eigenvalue weighted by atomic mass is 16.5. The minimum atomic E-state index is 0. The molecule has 1 saturated heterocycles. The second kappa shape index (κ2) is 5.32. The fourth-order valence-electron chi connectivity index (χ4n) is 2.05. The van der Waals surface area contributed by atoms with Crippen LogP contribution in [0.3, 0.4) is 0 Å². The van der Waals surface area contributed by atoms with Crippen LogP contribution in [0.25, 0.3) is 0 Å². The molecule has 0 N–H and O–H groups in total. The molecule has 0 bridgehead atoms. The van der Waals surface area contributed by atoms with Crippen LogP contribution in [0.4, 0.5) is 0 Å². The van der Waals surface area contributed by atoms with E-state index in [2.05, 4.69) is 32.0 Å². The Bertz CT molecular complexity index is 311. The number of hydrogen-bond acceptors (Lipinski definition) is 1. The highest BCUT2D eigenvalue weighted by Crippen LogP contribution is 2.27. The zero-order chi connectivity index (χ0) is 9.97. The van der Waals surface area contributed by atoms with Gasteiger partial charge in [0.25, 0.3) is 0 Å². The van der Waals surface area contributed by atoms with Crippen molar-refractivity contribution in [1.82, 2.24) is 0 Å². The lowest BCUT2D eigenvalue weighted by Gasteiger charge is -2.22. The molecule has 0 saturated carbocycles. The Hall–Kier alpha value is -0.820. The summed E-state index contributed by atoms with van der Waals surface area (Å²) in [5.74, 6) is 0.725. The standard InChI is InChI=1S/C13H18O.CH4/c1-10-3-4-13(9-11(10)2)12-5-7-14-8-6-12;/h3-4,9,12H,5-8H2,1-2H3;1H4. The van der Waals surface area contributed by atoms with Crippen LogP contribution in [0.2, 0.25) is 0 Å². The number of hydrogen-bond donors (Lipinski definition) is 0. The summed E-state index contributed by atoms with van der Waals surface area (Å²) in [5, 5.41) is 0. The van der Waals surface area contributed by atoms with E-state index in [-0.39, 0.29) is 7.43 Å². The normalized spacial score (nSPS) is 17.2. The molecule has 1 heterocycles. The molecule has 0 aromatic heterocycles. The minimum absolute atomic E-state index is 0. The molecule has 84 valence electrons. The third-order valence-corrected chi connectivity index (χ3v) is 3.22. The number of aryl methyl sites for hydroxylation is 2. The monoisotopic (exact) mass is 206 g/mol. The van der Waals surface area contributed by atoms with E-state index in [0.29, 0.717) is 0 Å². The van der Waals surface area contributed by atoms with Gasteiger partial charge in [-0.1, -0.05) is 25.6 Å². The molecule has 0 atom stereocenters. The second-order valence-electron chi connectivity index (χ2n) is 4.23. The van der Waals surface area contributed by atoms with Crippen molar-refractivity contribution in [3.8, 4) is 0 Å². The molecule has 1 fully saturated rings. The summed E-state index contributed by atoms with van der Waals surface area (Å²) < 4.78 is 5.38. The van der Waals surface area contributed by atoms with Gasteiger partial charge in [0.15, 0.2) is 0 Å². The Labute approximate surface area is 93.5 Å². The molecule has 1 heteroatoms. The Morgan fingerprint density at radius 1 is 1.07 bits per heavy atom. The van der Waals surface area contributed by atoms with Gasteiger partial charge in [-0.05, 0) is 49.3 Å². The predicted octanol–water partition coefficient (Wildman–Crippen LogP) is 3.83. The van der Waals surface area contributed by atoms with E-state index in [1.807, 2.05) is 0 Å². The quantitative estimate of drug-likeness (QED) is 0.678. The first-order valence-corrected chi connectivity index (χ1v) is 5.42. The maximum Gasteiger partial charge on any atom is 0.0471 e. The summed E-state index contributed by atoms with van der Waals surface area (Å²) >= 11 is 0. The molecular weight excluding hydrogens is 184 g/mol. The maximum atomic E-state index is 5.38. The number of rotatable bonds is 1. The van der Waals surface area contributed by atoms with Crippen LogP contribution in [0.15, 0.2) is 18.2 Å². The summed E-state index contributed by atoms with van der Waals surface area (Å²) in [6.45, 7) is 6.22. The van der Waals surface area contributed by atoms with Gasteiger partial charge in [0.05, 0.1) is 0 Å². The van der Waals surface area contributed by atoms with Gasteiger partial charge in [-0.25, -0.2) is 0 Å². The molecule has 0 amide bonds. The SMILES string of the molecule is C.Cc1ccc(C2CCOCC2)cc1C. The van der Waals surface area contributed by atoms with Crippen LogP contribution in [-0.4, -0.2) is 13.2 Å². The molecule has 0 aliphatic carbocycles. The summed E-state index contributed by atoms with van der Waals surface area (Å²) in [6.07, 6.45) is 2.37. The van der Waals surface area contributed by atoms with Gasteiger partial charge in [-0.2, -0.15) is 0 Å². The van der Waals surface area contributed by atoms with Gasteiger partial charge in [-0.15, -0.1) is 0 Å². The molecule has 0 unspecified atom stereocenters. The van der Waals surface area contributed by atoms with Gasteiger partial charge in [0, 0.05) is 13.2 Å². The molecule has 0 spiro atoms. The van der Waals surface area contributed by atoms with Crippen molar-refractivity contribution in [3.05, 3.63) is 34.9 Å². The lowest BCUT2D eigenvalue weighted by atomic mass is 9.90. The smallest absolute Gasteiger partial charge is 0.0471 e. The van der Waals surface area contributed by atoms with Crippen LogP contribution in [0.5, 0.6) is 0 Å². The number of ether oxygens (including phenoxy) is 1. The van der Waals surface area contributed by atoms with Crippen LogP contribution in [-0.2, 0) is 4.74 Å². The molecule has 0 radical (unpaired) electrons. The van der Waals surface area contributed by atoms with Crippen molar-refractivity contribution in [2.24, 2.45) is 0 Å². The zero-order valence-corrected chi connectivity index (χ0v) is 9.05. The molecule has 1 aromatic rings. The van der Waals surface area contributed by atoms with Crippen molar-refractivity contribution < 1.29 is 4.74 Å². The van der Waals surface area contributed by atoms with Crippen molar-refractivity contribution in [1.29, 1.82) is 0 Å². The lowest BCUT2D eigenvalue weighted by molar-refractivity contribution is 0.0853. The van der Waals surface area contributed by atoms with E-state index in [1.165, 1.54) is 29.5 Å². The highest BCUT2D eigenvalue weighted by molar-refractivity contribution is 5.32. The molecular formula is C14H22O. The number of benzene rings is 1. The van der Waals surface area contributed by atoms with E-state index in [1.54, 1.807) is 0 Å². The van der Waals surface area contributed by atoms with Crippen LogP contribution in [0, 0.1) is 13.8 Å². The van der Waals surface area contributed by atoms with E-state index < -0.39 is 0 Å². The fourth-order valence-corrected chi connectivity index (χ4v) is 2.05. The lowest BCUT2D eigenvalue weighted by Crippen LogP contribution is -2.14. The fraction of sp³-hybridized carbons (Fsp3) is 0.571. The van der Waals surface area contributed by atoms with Crippen molar-refractivity contribution in [3.63, 3.8) is 0 Å². The van der Waals surface area contributed by atoms with Crippen LogP contribution in [0.1, 0.15) is 42.9 Å². The molecule has 1 aliphatic heterocycles. The molecule has 15 heavy (non-hydrogen) atoms. The Balaban J connectivity index is 0.00000112. The van der Waals surface area contributed by atoms with E-state index >= 15 is 0 Å². The van der Waals surface area contributed by atoms with E-state index in [9.17, 15) is 0 Å². The third-order valence-electron chi connectivity index (χ3n) is 3.22. The van der Waals surface area contributed by atoms with E-state index in [4.69, 9.17) is 4.74 Å². The van der Waals surface area contributed by atoms with Gasteiger partial charge in [-0.3, -0.25) is 0 Å². The second-order valence-corrected chi connectivity index (χ2v) is 4.23. The van der Waals surface area contributed by atoms with Crippen molar-refractivity contribution in [2.75, 3.05) is 13.2 Å². The average Bonchev–Trinajstić information content (AvgIpc) is 2.23. The molecule has 2 rings (SSSR count). The molecule has 1 nitrogen and oxygen atoms in total. The first-order chi connectivity index (χ1) is 6.77. The third kappa shape index (κ3) is 2.82. The summed E-state index contributed by atoms with van der Waals surface area (Å²) in [5.41, 5.74) is 4.30. The zero-order valence-electron chi connectivity index (χ0n) is 9.05. The largest absolute Gasteiger partial charge is 0.381 e. The Morgan fingerprint density at radius 2 is 1.73 bits per heavy atom. The van der Waals surface area contributed by atoms with Gasteiger partial charge in [0.1, 0.15) is 0 Å². The molecule has 1 aliphatic rings. The van der Waals surface area contributed by atoms with Crippen molar-refractivity contribution in [2.45, 2.75) is 40.0 Å².